The minimum atomic E-state index is -4.39. The molecule has 0 aromatic heterocycles. The molecule has 0 atom stereocenters. The van der Waals surface area contributed by atoms with E-state index in [9.17, 15) is 16.8 Å². The van der Waals surface area contributed by atoms with Gasteiger partial charge >= 0.3 is 0 Å². The molecule has 0 heterocycles. The van der Waals surface area contributed by atoms with Gasteiger partial charge in [0.2, 0.25) is 0 Å². The zero-order chi connectivity index (χ0) is 17.4. The van der Waals surface area contributed by atoms with Crippen LogP contribution in [0.3, 0.4) is 0 Å². The van der Waals surface area contributed by atoms with Gasteiger partial charge in [-0.1, -0.05) is 12.1 Å². The molecule has 9 heteroatoms. The van der Waals surface area contributed by atoms with Gasteiger partial charge in [0, 0.05) is 12.1 Å². The summed E-state index contributed by atoms with van der Waals surface area (Å²) in [7, 11) is -8.78. The second-order valence-corrected chi connectivity index (χ2v) is 7.75. The van der Waals surface area contributed by atoms with Crippen molar-refractivity contribution in [3.8, 4) is 11.5 Å². The third-order valence-corrected chi connectivity index (χ3v) is 4.83. The van der Waals surface area contributed by atoms with E-state index in [0.717, 1.165) is 12.1 Å². The van der Waals surface area contributed by atoms with Gasteiger partial charge in [0.15, 0.2) is 0 Å². The van der Waals surface area contributed by atoms with Gasteiger partial charge in [-0.05, 0) is 37.1 Å². The van der Waals surface area contributed by atoms with Crippen molar-refractivity contribution >= 4 is 20.2 Å². The highest BCUT2D eigenvalue weighted by molar-refractivity contribution is 7.86. The molecule has 0 saturated heterocycles. The average Bonchev–Trinajstić information content (AvgIpc) is 2.41. The van der Waals surface area contributed by atoms with Crippen LogP contribution in [0.2, 0.25) is 0 Å². The van der Waals surface area contributed by atoms with Crippen LogP contribution < -0.4 is 4.74 Å². The van der Waals surface area contributed by atoms with E-state index in [4.69, 9.17) is 13.8 Å². The first kappa shape index (κ1) is 17.4. The predicted octanol–water partition coefficient (Wildman–Crippen LogP) is 2.59. The van der Waals surface area contributed by atoms with Gasteiger partial charge in [-0.25, -0.2) is 0 Å². The second kappa shape index (κ2) is 5.93. The fraction of sp³-hybridized carbons (Fsp3) is 0.143. The van der Waals surface area contributed by atoms with E-state index in [0.29, 0.717) is 11.1 Å². The second-order valence-electron chi connectivity index (χ2n) is 4.91. The summed E-state index contributed by atoms with van der Waals surface area (Å²) in [4.78, 5) is -0.691. The zero-order valence-electron chi connectivity index (χ0n) is 12.2. The molecule has 0 unspecified atom stereocenters. The van der Waals surface area contributed by atoms with Crippen LogP contribution in [0.4, 0.5) is 0 Å². The first-order valence-corrected chi connectivity index (χ1v) is 9.20. The number of benzene rings is 2. The van der Waals surface area contributed by atoms with Crippen molar-refractivity contribution in [2.45, 2.75) is 23.6 Å². The molecule has 0 radical (unpaired) electrons. The quantitative estimate of drug-likeness (QED) is 0.806. The first-order chi connectivity index (χ1) is 10.5. The van der Waals surface area contributed by atoms with Gasteiger partial charge < -0.3 is 4.74 Å². The monoisotopic (exact) mass is 358 g/mol. The summed E-state index contributed by atoms with van der Waals surface area (Å²) in [6, 6.07) is 7.59. The minimum absolute atomic E-state index is 0.135. The topological polar surface area (TPSA) is 118 Å². The third-order valence-electron chi connectivity index (χ3n) is 3.13. The van der Waals surface area contributed by atoms with Gasteiger partial charge in [-0.2, -0.15) is 16.8 Å². The number of hydrogen-bond acceptors (Lipinski definition) is 5. The lowest BCUT2D eigenvalue weighted by Gasteiger charge is -2.12. The molecule has 0 aliphatic carbocycles. The molecule has 124 valence electrons. The van der Waals surface area contributed by atoms with Crippen LogP contribution >= 0.6 is 0 Å². The summed E-state index contributed by atoms with van der Waals surface area (Å²) in [5, 5.41) is 0. The van der Waals surface area contributed by atoms with Crippen LogP contribution in [-0.2, 0) is 20.2 Å². The Balaban J connectivity index is 2.51. The maximum Gasteiger partial charge on any atom is 0.294 e. The molecular weight excluding hydrogens is 344 g/mol. The van der Waals surface area contributed by atoms with Crippen molar-refractivity contribution in [3.05, 3.63) is 47.5 Å². The Hall–Kier alpha value is -1.94. The lowest BCUT2D eigenvalue weighted by atomic mass is 10.2. The largest absolute Gasteiger partial charge is 0.457 e. The highest BCUT2D eigenvalue weighted by Crippen LogP contribution is 2.31. The van der Waals surface area contributed by atoms with E-state index >= 15 is 0 Å². The van der Waals surface area contributed by atoms with Crippen molar-refractivity contribution in [2.24, 2.45) is 0 Å². The maximum atomic E-state index is 11.2. The third kappa shape index (κ3) is 4.08. The molecule has 7 nitrogen and oxygen atoms in total. The summed E-state index contributed by atoms with van der Waals surface area (Å²) in [5.41, 5.74) is 1.16. The van der Waals surface area contributed by atoms with Crippen LogP contribution in [0.5, 0.6) is 11.5 Å². The first-order valence-electron chi connectivity index (χ1n) is 6.32. The zero-order valence-corrected chi connectivity index (χ0v) is 13.8. The van der Waals surface area contributed by atoms with Gasteiger partial charge in [0.25, 0.3) is 20.2 Å². The summed E-state index contributed by atoms with van der Waals surface area (Å²) in [6.07, 6.45) is 0. The smallest absolute Gasteiger partial charge is 0.294 e. The Kier molecular flexibility index (Phi) is 4.49. The molecule has 0 aliphatic heterocycles. The molecule has 0 aliphatic rings. The number of hydrogen-bond donors (Lipinski definition) is 2. The Labute approximate surface area is 134 Å². The fourth-order valence-corrected chi connectivity index (χ4v) is 2.81. The van der Waals surface area contributed by atoms with Crippen LogP contribution in [-0.4, -0.2) is 25.9 Å². The van der Waals surface area contributed by atoms with Crippen molar-refractivity contribution in [1.82, 2.24) is 0 Å². The van der Waals surface area contributed by atoms with Crippen LogP contribution in [0, 0.1) is 13.8 Å². The van der Waals surface area contributed by atoms with Crippen molar-refractivity contribution in [1.29, 1.82) is 0 Å². The number of ether oxygens (including phenoxy) is 1. The molecule has 2 rings (SSSR count). The van der Waals surface area contributed by atoms with E-state index in [-0.39, 0.29) is 21.3 Å². The standard InChI is InChI=1S/C14H14O7S2/c1-9-3-5-11(22(15,16)17)7-13(9)21-14-8-12(23(18,19)20)6-4-10(14)2/h3-8H,1-2H3,(H,15,16,17)(H,18,19,20). The Bertz CT molecular complexity index is 881. The molecule has 23 heavy (non-hydrogen) atoms. The Morgan fingerprint density at radius 3 is 1.39 bits per heavy atom. The molecule has 0 fully saturated rings. The van der Waals surface area contributed by atoms with Crippen LogP contribution in [0.1, 0.15) is 11.1 Å². The van der Waals surface area contributed by atoms with Crippen molar-refractivity contribution in [2.75, 3.05) is 0 Å². The Morgan fingerprint density at radius 1 is 0.739 bits per heavy atom. The summed E-state index contributed by atoms with van der Waals surface area (Å²) in [6.45, 7) is 3.32. The van der Waals surface area contributed by atoms with E-state index in [2.05, 4.69) is 0 Å². The van der Waals surface area contributed by atoms with Gasteiger partial charge in [-0.3, -0.25) is 9.11 Å². The summed E-state index contributed by atoms with van der Waals surface area (Å²) < 4.78 is 68.5. The maximum absolute atomic E-state index is 11.2. The van der Waals surface area contributed by atoms with Gasteiger partial charge in [0.1, 0.15) is 11.5 Å². The van der Waals surface area contributed by atoms with E-state index in [1.54, 1.807) is 13.8 Å². The number of rotatable bonds is 4. The molecule has 0 saturated carbocycles. The highest BCUT2D eigenvalue weighted by atomic mass is 32.2. The molecule has 2 aromatic carbocycles. The Morgan fingerprint density at radius 2 is 1.09 bits per heavy atom. The van der Waals surface area contributed by atoms with Gasteiger partial charge in [0.05, 0.1) is 9.79 Å². The minimum Gasteiger partial charge on any atom is -0.457 e. The van der Waals surface area contributed by atoms with Crippen LogP contribution in [0.25, 0.3) is 0 Å². The molecule has 2 N–H and O–H groups in total. The normalized spacial score (nSPS) is 12.2. The lowest BCUT2D eigenvalue weighted by Crippen LogP contribution is -2.01. The van der Waals surface area contributed by atoms with E-state index in [1.807, 2.05) is 0 Å². The molecule has 0 amide bonds. The fourth-order valence-electron chi connectivity index (χ4n) is 1.82. The molecular formula is C14H14O7S2. The lowest BCUT2D eigenvalue weighted by molar-refractivity contribution is 0.463. The number of aryl methyl sites for hydroxylation is 2. The molecule has 0 spiro atoms. The van der Waals surface area contributed by atoms with Crippen molar-refractivity contribution in [3.63, 3.8) is 0 Å². The summed E-state index contributed by atoms with van der Waals surface area (Å²) in [5.74, 6) is 0.270. The molecule has 2 aromatic rings. The molecule has 0 bridgehead atoms. The highest BCUT2D eigenvalue weighted by Gasteiger charge is 2.15. The van der Waals surface area contributed by atoms with Gasteiger partial charge in [-0.15, -0.1) is 0 Å². The van der Waals surface area contributed by atoms with E-state index < -0.39 is 20.2 Å². The van der Waals surface area contributed by atoms with Crippen molar-refractivity contribution < 1.29 is 30.7 Å². The predicted molar refractivity (Wildman–Crippen MR) is 82.1 cm³/mol. The summed E-state index contributed by atoms with van der Waals surface area (Å²) >= 11 is 0. The SMILES string of the molecule is Cc1ccc(S(=O)(=O)O)cc1Oc1cc(S(=O)(=O)O)ccc1C. The van der Waals surface area contributed by atoms with E-state index in [1.165, 1.54) is 24.3 Å². The van der Waals surface area contributed by atoms with Crippen LogP contribution in [0.15, 0.2) is 46.2 Å². The average molecular weight is 358 g/mol.